The number of aliphatic hydroxyl groups excluding tert-OH is 1. The van der Waals surface area contributed by atoms with Crippen LogP contribution in [0.25, 0.3) is 22.4 Å². The lowest BCUT2D eigenvalue weighted by molar-refractivity contribution is -0.115. The number of ether oxygens (including phenoxy) is 1. The molecular weight excluding hydrogens is 567 g/mol. The Bertz CT molecular complexity index is 1480. The van der Waals surface area contributed by atoms with E-state index in [1.807, 2.05) is 13.0 Å². The molecule has 0 bridgehead atoms. The molecule has 0 radical (unpaired) electrons. The molecule has 1 aromatic carbocycles. The van der Waals surface area contributed by atoms with Crippen LogP contribution in [-0.2, 0) is 9.53 Å². The molecule has 1 amide bonds. The number of rotatable bonds is 7. The number of hydrogen-bond acceptors (Lipinski definition) is 8. The maximum absolute atomic E-state index is 15.2. The van der Waals surface area contributed by atoms with E-state index in [9.17, 15) is 9.90 Å². The number of methoxy groups -OCH3 is 1. The Labute approximate surface area is 247 Å². The standard InChI is InChI=1S/C29H34ClFN6O3S/c1-29(30)16-33-28(41-29)27(39)34-17-10-19(12-20(11-17)40-2)37-24-13-25(36-9-5-6-18(36)15-38)32-14-23(24)35-26(37)21-7-3-4-8-22(21)31/h3-4,7-8,13-14,17-20,38H,5-6,9-12,15-16H2,1-2H3,(H,34,39)/t17?,18-,19+,20+,29?/m0/s1. The van der Waals surface area contributed by atoms with Crippen LogP contribution in [0.15, 0.2) is 41.5 Å². The first-order valence-corrected chi connectivity index (χ1v) is 15.2. The average Bonchev–Trinajstić information content (AvgIpc) is 3.68. The summed E-state index contributed by atoms with van der Waals surface area (Å²) in [5.74, 6) is 0.680. The normalized spacial score (nSPS) is 28.3. The Balaban J connectivity index is 1.39. The smallest absolute Gasteiger partial charge is 0.276 e. The molecule has 3 aliphatic rings. The fraction of sp³-hybridized carbons (Fsp3) is 0.517. The number of carbonyl (C=O) groups is 1. The van der Waals surface area contributed by atoms with E-state index in [4.69, 9.17) is 21.3 Å². The molecule has 41 heavy (non-hydrogen) atoms. The molecule has 9 nitrogen and oxygen atoms in total. The summed E-state index contributed by atoms with van der Waals surface area (Å²) < 4.78 is 22.5. The molecule has 1 saturated carbocycles. The first-order chi connectivity index (χ1) is 19.8. The molecule has 3 aromatic rings. The number of nitrogens with one attached hydrogen (secondary N) is 1. The summed E-state index contributed by atoms with van der Waals surface area (Å²) in [4.78, 5) is 29.1. The quantitative estimate of drug-likeness (QED) is 0.384. The number of imidazole rings is 1. The second-order valence-corrected chi connectivity index (χ2v) is 13.8. The van der Waals surface area contributed by atoms with E-state index in [0.717, 1.165) is 30.7 Å². The Kier molecular flexibility index (Phi) is 7.97. The predicted molar refractivity (Wildman–Crippen MR) is 160 cm³/mol. The number of fused-ring (bicyclic) bond motifs is 1. The number of pyridine rings is 1. The lowest BCUT2D eigenvalue weighted by atomic mass is 9.88. The molecule has 2 fully saturated rings. The molecule has 2 aliphatic heterocycles. The molecule has 2 N–H and O–H groups in total. The molecule has 2 unspecified atom stereocenters. The lowest BCUT2D eigenvalue weighted by Gasteiger charge is -2.36. The van der Waals surface area contributed by atoms with Gasteiger partial charge in [0.15, 0.2) is 5.04 Å². The Morgan fingerprint density at radius 2 is 2.15 bits per heavy atom. The van der Waals surface area contributed by atoms with Crippen molar-refractivity contribution in [3.05, 3.63) is 42.3 Å². The highest BCUT2D eigenvalue weighted by Crippen LogP contribution is 2.40. The van der Waals surface area contributed by atoms with E-state index in [2.05, 4.69) is 24.8 Å². The van der Waals surface area contributed by atoms with Gasteiger partial charge in [0.25, 0.3) is 5.91 Å². The van der Waals surface area contributed by atoms with Gasteiger partial charge in [0.2, 0.25) is 0 Å². The summed E-state index contributed by atoms with van der Waals surface area (Å²) >= 11 is 7.67. The van der Waals surface area contributed by atoms with E-state index in [0.29, 0.717) is 47.8 Å². The van der Waals surface area contributed by atoms with Gasteiger partial charge in [-0.3, -0.25) is 9.79 Å². The number of alkyl halides is 1. The number of hydrogen-bond donors (Lipinski definition) is 2. The number of amides is 1. The van der Waals surface area contributed by atoms with Gasteiger partial charge in [-0.05, 0) is 51.2 Å². The number of halogens is 2. The SMILES string of the molecule is CO[C@@H]1CC(NC(=O)C2=NCC(C)(Cl)S2)C[C@@H](n2c(-c3ccccc3F)nc3cnc(N4CCC[C@H]4CO)cc32)C1. The number of anilines is 1. The zero-order valence-corrected chi connectivity index (χ0v) is 24.7. The zero-order chi connectivity index (χ0) is 28.7. The van der Waals surface area contributed by atoms with E-state index in [-0.39, 0.29) is 42.6 Å². The topological polar surface area (TPSA) is 105 Å². The van der Waals surface area contributed by atoms with Crippen LogP contribution < -0.4 is 10.2 Å². The number of aromatic nitrogens is 3. The van der Waals surface area contributed by atoms with Gasteiger partial charge in [0, 0.05) is 31.8 Å². The molecule has 1 saturated heterocycles. The van der Waals surface area contributed by atoms with Crippen LogP contribution in [0.5, 0.6) is 0 Å². The van der Waals surface area contributed by atoms with Crippen LogP contribution in [-0.4, -0.2) is 79.8 Å². The van der Waals surface area contributed by atoms with Crippen molar-refractivity contribution in [1.29, 1.82) is 0 Å². The number of nitrogens with zero attached hydrogens (tertiary/aromatic N) is 5. The van der Waals surface area contributed by atoms with E-state index in [1.54, 1.807) is 31.5 Å². The van der Waals surface area contributed by atoms with Crippen molar-refractivity contribution in [3.8, 4) is 11.4 Å². The van der Waals surface area contributed by atoms with Gasteiger partial charge in [-0.2, -0.15) is 0 Å². The van der Waals surface area contributed by atoms with Crippen molar-refractivity contribution in [1.82, 2.24) is 19.9 Å². The zero-order valence-electron chi connectivity index (χ0n) is 23.1. The third kappa shape index (κ3) is 5.69. The monoisotopic (exact) mass is 600 g/mol. The van der Waals surface area contributed by atoms with Gasteiger partial charge in [0.1, 0.15) is 27.2 Å². The largest absolute Gasteiger partial charge is 0.394 e. The molecule has 5 atom stereocenters. The molecule has 2 aromatic heterocycles. The van der Waals surface area contributed by atoms with Crippen LogP contribution >= 0.6 is 23.4 Å². The van der Waals surface area contributed by atoms with Gasteiger partial charge >= 0.3 is 0 Å². The highest BCUT2D eigenvalue weighted by Gasteiger charge is 2.37. The van der Waals surface area contributed by atoms with Crippen LogP contribution in [0.3, 0.4) is 0 Å². The van der Waals surface area contributed by atoms with Crippen molar-refractivity contribution < 1.29 is 19.0 Å². The maximum atomic E-state index is 15.2. The number of aliphatic imine (C=N–C) groups is 1. The minimum Gasteiger partial charge on any atom is -0.394 e. The summed E-state index contributed by atoms with van der Waals surface area (Å²) in [5.41, 5.74) is 1.89. The number of carbonyl (C=O) groups excluding carboxylic acids is 1. The first-order valence-electron chi connectivity index (χ1n) is 14.0. The van der Waals surface area contributed by atoms with E-state index >= 15 is 4.39 Å². The van der Waals surface area contributed by atoms with Crippen LogP contribution in [0.4, 0.5) is 10.2 Å². The molecule has 12 heteroatoms. The summed E-state index contributed by atoms with van der Waals surface area (Å²) in [6, 6.07) is 8.31. The van der Waals surface area contributed by atoms with Crippen LogP contribution in [0.1, 0.15) is 45.1 Å². The molecule has 218 valence electrons. The van der Waals surface area contributed by atoms with Gasteiger partial charge in [-0.25, -0.2) is 14.4 Å². The molecule has 4 heterocycles. The third-order valence-electron chi connectivity index (χ3n) is 8.24. The third-order valence-corrected chi connectivity index (χ3v) is 9.65. The summed E-state index contributed by atoms with van der Waals surface area (Å²) in [7, 11) is 1.68. The van der Waals surface area contributed by atoms with Crippen molar-refractivity contribution in [2.45, 2.75) is 67.5 Å². The first kappa shape index (κ1) is 28.4. The summed E-state index contributed by atoms with van der Waals surface area (Å²) in [5, 5.41) is 13.5. The number of thioether (sulfide) groups is 1. The number of benzene rings is 1. The fourth-order valence-corrected chi connectivity index (χ4v) is 7.37. The summed E-state index contributed by atoms with van der Waals surface area (Å²) in [6.07, 6.45) is 5.42. The highest BCUT2D eigenvalue weighted by atomic mass is 35.5. The van der Waals surface area contributed by atoms with Gasteiger partial charge in [-0.15, -0.1) is 11.6 Å². The second kappa shape index (κ2) is 11.5. The second-order valence-electron chi connectivity index (χ2n) is 11.2. The summed E-state index contributed by atoms with van der Waals surface area (Å²) in [6.45, 7) is 3.10. The number of aliphatic hydroxyl groups is 1. The van der Waals surface area contributed by atoms with Crippen molar-refractivity contribution in [2.75, 3.05) is 31.7 Å². The van der Waals surface area contributed by atoms with Gasteiger partial charge < -0.3 is 24.6 Å². The Hall–Kier alpha value is -2.73. The van der Waals surface area contributed by atoms with Gasteiger partial charge in [0.05, 0.1) is 42.6 Å². The van der Waals surface area contributed by atoms with Crippen molar-refractivity contribution in [3.63, 3.8) is 0 Å². The highest BCUT2D eigenvalue weighted by molar-refractivity contribution is 8.18. The van der Waals surface area contributed by atoms with E-state index in [1.165, 1.54) is 17.8 Å². The van der Waals surface area contributed by atoms with Crippen LogP contribution in [0.2, 0.25) is 0 Å². The van der Waals surface area contributed by atoms with E-state index < -0.39 is 4.21 Å². The minimum atomic E-state index is -0.614. The fourth-order valence-electron chi connectivity index (χ4n) is 6.28. The van der Waals surface area contributed by atoms with Crippen molar-refractivity contribution >= 4 is 51.2 Å². The predicted octanol–water partition coefficient (Wildman–Crippen LogP) is 4.52. The Morgan fingerprint density at radius 3 is 2.88 bits per heavy atom. The van der Waals surface area contributed by atoms with Crippen LogP contribution in [0, 0.1) is 5.82 Å². The van der Waals surface area contributed by atoms with Crippen molar-refractivity contribution in [2.24, 2.45) is 4.99 Å². The lowest BCUT2D eigenvalue weighted by Crippen LogP contribution is -2.45. The molecule has 6 rings (SSSR count). The molecule has 1 aliphatic carbocycles. The molecular formula is C29H34ClFN6O3S. The molecule has 0 spiro atoms. The van der Waals surface area contributed by atoms with Gasteiger partial charge in [-0.1, -0.05) is 23.9 Å². The maximum Gasteiger partial charge on any atom is 0.276 e. The average molecular weight is 601 g/mol. The minimum absolute atomic E-state index is 0.0146. The Morgan fingerprint density at radius 1 is 1.32 bits per heavy atom.